The summed E-state index contributed by atoms with van der Waals surface area (Å²) in [5.41, 5.74) is 3.56. The number of carbonyl (C=O) groups excluding carboxylic acids is 2. The highest BCUT2D eigenvalue weighted by atomic mass is 16.5. The van der Waals surface area contributed by atoms with Crippen molar-refractivity contribution in [2.24, 2.45) is 0 Å². The first kappa shape index (κ1) is 23.5. The minimum atomic E-state index is -0.588. The number of hydrogen-bond donors (Lipinski definition) is 3. The van der Waals surface area contributed by atoms with Crippen LogP contribution in [0, 0.1) is 0 Å². The van der Waals surface area contributed by atoms with Gasteiger partial charge in [-0.1, -0.05) is 24.6 Å². The van der Waals surface area contributed by atoms with Gasteiger partial charge in [-0.15, -0.1) is 0 Å². The van der Waals surface area contributed by atoms with Crippen LogP contribution in [0.5, 0.6) is 5.75 Å². The van der Waals surface area contributed by atoms with E-state index in [4.69, 9.17) is 14.4 Å². The van der Waals surface area contributed by atoms with Gasteiger partial charge in [-0.3, -0.25) is 19.7 Å². The van der Waals surface area contributed by atoms with Crippen molar-refractivity contribution in [2.75, 3.05) is 32.8 Å². The molecule has 3 N–H and O–H groups in total. The van der Waals surface area contributed by atoms with Gasteiger partial charge in [0, 0.05) is 29.1 Å². The van der Waals surface area contributed by atoms with Crippen molar-refractivity contribution in [1.29, 1.82) is 0 Å². The lowest BCUT2D eigenvalue weighted by Gasteiger charge is -2.26. The van der Waals surface area contributed by atoms with Gasteiger partial charge in [-0.05, 0) is 62.3 Å². The quantitative estimate of drug-likeness (QED) is 0.194. The van der Waals surface area contributed by atoms with Gasteiger partial charge in [0.25, 0.3) is 5.91 Å². The van der Waals surface area contributed by atoms with Crippen LogP contribution in [0.3, 0.4) is 0 Å². The van der Waals surface area contributed by atoms with E-state index >= 15 is 0 Å². The molecule has 3 aromatic rings. The van der Waals surface area contributed by atoms with Crippen molar-refractivity contribution in [1.82, 2.24) is 15.7 Å². The van der Waals surface area contributed by atoms with Gasteiger partial charge in [0.15, 0.2) is 0 Å². The van der Waals surface area contributed by atoms with Crippen LogP contribution < -0.4 is 15.5 Å². The van der Waals surface area contributed by atoms with Gasteiger partial charge in [0.1, 0.15) is 23.7 Å². The van der Waals surface area contributed by atoms with Crippen LogP contribution in [0.25, 0.3) is 16.5 Å². The minimum absolute atomic E-state index is 0.203. The van der Waals surface area contributed by atoms with Crippen LogP contribution in [0.1, 0.15) is 35.4 Å². The average molecular weight is 464 g/mol. The predicted molar refractivity (Wildman–Crippen MR) is 129 cm³/mol. The summed E-state index contributed by atoms with van der Waals surface area (Å²) in [4.78, 5) is 26.4. The molecule has 0 bridgehead atoms. The van der Waals surface area contributed by atoms with Gasteiger partial charge in [-0.25, -0.2) is 5.48 Å². The van der Waals surface area contributed by atoms with E-state index in [-0.39, 0.29) is 12.5 Å². The van der Waals surface area contributed by atoms with Gasteiger partial charge < -0.3 is 14.5 Å². The maximum absolute atomic E-state index is 12.7. The number of nitrogens with one attached hydrogen (secondary N) is 2. The Kier molecular flexibility index (Phi) is 7.95. The molecule has 0 unspecified atom stereocenters. The van der Waals surface area contributed by atoms with Crippen LogP contribution in [-0.2, 0) is 4.79 Å². The summed E-state index contributed by atoms with van der Waals surface area (Å²) < 4.78 is 11.7. The van der Waals surface area contributed by atoms with Crippen molar-refractivity contribution in [3.05, 3.63) is 72.0 Å². The molecule has 0 atom stereocenters. The monoisotopic (exact) mass is 463 g/mol. The summed E-state index contributed by atoms with van der Waals surface area (Å²) in [5.74, 6) is 0.485. The molecule has 0 saturated carbocycles. The van der Waals surface area contributed by atoms with E-state index in [1.54, 1.807) is 35.8 Å². The second-order valence-electron chi connectivity index (χ2n) is 8.26. The first-order chi connectivity index (χ1) is 16.6. The molecule has 0 radical (unpaired) electrons. The van der Waals surface area contributed by atoms with Gasteiger partial charge in [-0.2, -0.15) is 0 Å². The molecule has 0 aliphatic carbocycles. The first-order valence-electron chi connectivity index (χ1n) is 11.5. The van der Waals surface area contributed by atoms with Crippen LogP contribution in [-0.4, -0.2) is 54.7 Å². The van der Waals surface area contributed by atoms with E-state index in [1.807, 2.05) is 30.3 Å². The van der Waals surface area contributed by atoms with Crippen LogP contribution in [0.2, 0.25) is 0 Å². The molecular formula is C26H29N3O5. The number of carbonyl (C=O) groups is 2. The Morgan fingerprint density at radius 3 is 2.56 bits per heavy atom. The number of hydrogen-bond acceptors (Lipinski definition) is 6. The summed E-state index contributed by atoms with van der Waals surface area (Å²) >= 11 is 0. The molecule has 1 fully saturated rings. The highest BCUT2D eigenvalue weighted by Crippen LogP contribution is 2.26. The Labute approximate surface area is 198 Å². The zero-order valence-corrected chi connectivity index (χ0v) is 19.0. The van der Waals surface area contributed by atoms with Gasteiger partial charge >= 0.3 is 0 Å². The number of ether oxygens (including phenoxy) is 1. The molecule has 8 heteroatoms. The minimum Gasteiger partial charge on any atom is -0.492 e. The lowest BCUT2D eigenvalue weighted by molar-refractivity contribution is -0.116. The standard InChI is InChI=1S/C26H29N3O5/c30-25(27-12-15-33-22-10-8-19(9-11-22)26(31)28-32)17-21(18-29-13-4-1-5-14-29)24-16-20-6-2-3-7-23(20)34-24/h2-3,6-11,16-17,32H,1,4-5,12-15,18H2,(H,27,30)(H,28,31)/b21-17+. The number of rotatable bonds is 9. The molecule has 178 valence electrons. The number of piperidine rings is 1. The Bertz CT molecular complexity index is 1110. The third kappa shape index (κ3) is 6.24. The zero-order valence-electron chi connectivity index (χ0n) is 19.0. The number of hydroxylamine groups is 1. The maximum Gasteiger partial charge on any atom is 0.274 e. The van der Waals surface area contributed by atoms with E-state index < -0.39 is 5.91 Å². The number of furan rings is 1. The lowest BCUT2D eigenvalue weighted by Crippen LogP contribution is -2.32. The molecule has 2 aromatic carbocycles. The Morgan fingerprint density at radius 1 is 1.06 bits per heavy atom. The number of likely N-dealkylation sites (tertiary alicyclic amines) is 1. The molecule has 1 aromatic heterocycles. The van der Waals surface area contributed by atoms with Crippen LogP contribution >= 0.6 is 0 Å². The summed E-state index contributed by atoms with van der Waals surface area (Å²) in [5, 5.41) is 12.5. The number of nitrogens with zero attached hydrogens (tertiary/aromatic N) is 1. The fraction of sp³-hybridized carbons (Fsp3) is 0.308. The van der Waals surface area contributed by atoms with E-state index in [0.29, 0.717) is 30.2 Å². The largest absolute Gasteiger partial charge is 0.492 e. The fourth-order valence-electron chi connectivity index (χ4n) is 4.01. The van der Waals surface area contributed by atoms with Crippen molar-refractivity contribution in [3.63, 3.8) is 0 Å². The summed E-state index contributed by atoms with van der Waals surface area (Å²) in [6, 6.07) is 16.2. The summed E-state index contributed by atoms with van der Waals surface area (Å²) in [7, 11) is 0. The number of amides is 2. The molecule has 1 saturated heterocycles. The predicted octanol–water partition coefficient (Wildman–Crippen LogP) is 3.62. The summed E-state index contributed by atoms with van der Waals surface area (Å²) in [6.07, 6.45) is 5.21. The molecule has 2 amide bonds. The molecular weight excluding hydrogens is 434 g/mol. The van der Waals surface area contributed by atoms with Gasteiger partial charge in [0.2, 0.25) is 5.91 Å². The summed E-state index contributed by atoms with van der Waals surface area (Å²) in [6.45, 7) is 3.30. The number of benzene rings is 2. The smallest absolute Gasteiger partial charge is 0.274 e. The second-order valence-corrected chi connectivity index (χ2v) is 8.26. The first-order valence-corrected chi connectivity index (χ1v) is 11.5. The molecule has 8 nitrogen and oxygen atoms in total. The van der Waals surface area contributed by atoms with Crippen molar-refractivity contribution >= 4 is 28.4 Å². The zero-order chi connectivity index (χ0) is 23.8. The third-order valence-corrected chi connectivity index (χ3v) is 5.78. The fourth-order valence-corrected chi connectivity index (χ4v) is 4.01. The van der Waals surface area contributed by atoms with E-state index in [1.165, 1.54) is 19.3 Å². The number of fused-ring (bicyclic) bond motifs is 1. The molecule has 1 aliphatic heterocycles. The second kappa shape index (κ2) is 11.5. The topological polar surface area (TPSA) is 104 Å². The average Bonchev–Trinajstić information content (AvgIpc) is 3.31. The SMILES string of the molecule is O=C(/C=C(\CN1CCCCC1)c1cc2ccccc2o1)NCCOc1ccc(C(=O)NO)cc1. The molecule has 0 spiro atoms. The maximum atomic E-state index is 12.7. The van der Waals surface area contributed by atoms with Gasteiger partial charge in [0.05, 0.1) is 6.54 Å². The normalized spacial score (nSPS) is 14.7. The Morgan fingerprint density at radius 2 is 1.82 bits per heavy atom. The van der Waals surface area contributed by atoms with E-state index in [9.17, 15) is 9.59 Å². The number of para-hydroxylation sites is 1. The Balaban J connectivity index is 1.36. The molecule has 4 rings (SSSR count). The van der Waals surface area contributed by atoms with Crippen molar-refractivity contribution in [3.8, 4) is 5.75 Å². The third-order valence-electron chi connectivity index (χ3n) is 5.78. The molecule has 1 aliphatic rings. The lowest BCUT2D eigenvalue weighted by atomic mass is 10.1. The molecule has 34 heavy (non-hydrogen) atoms. The highest BCUT2D eigenvalue weighted by Gasteiger charge is 2.17. The van der Waals surface area contributed by atoms with E-state index in [0.717, 1.165) is 29.6 Å². The molecule has 2 heterocycles. The van der Waals surface area contributed by atoms with E-state index in [2.05, 4.69) is 10.2 Å². The van der Waals surface area contributed by atoms with Crippen LogP contribution in [0.15, 0.2) is 65.1 Å². The highest BCUT2D eigenvalue weighted by molar-refractivity contribution is 5.96. The Hall–Kier alpha value is -3.62. The van der Waals surface area contributed by atoms with Crippen molar-refractivity contribution in [2.45, 2.75) is 19.3 Å². The van der Waals surface area contributed by atoms with Crippen molar-refractivity contribution < 1.29 is 24.0 Å². The van der Waals surface area contributed by atoms with Crippen LogP contribution in [0.4, 0.5) is 0 Å².